The van der Waals surface area contributed by atoms with Crippen molar-refractivity contribution in [3.8, 4) is 0 Å². The van der Waals surface area contributed by atoms with Crippen LogP contribution < -0.4 is 4.90 Å². The van der Waals surface area contributed by atoms with Gasteiger partial charge in [-0.3, -0.25) is 9.69 Å². The second-order valence-corrected chi connectivity index (χ2v) is 4.33. The first-order chi connectivity index (χ1) is 8.40. The fraction of sp³-hybridized carbons (Fsp3) is 0.429. The molecule has 0 aliphatic carbocycles. The first-order valence-electron chi connectivity index (χ1n) is 5.84. The predicted octanol–water partition coefficient (Wildman–Crippen LogP) is 2.22. The molecule has 1 rings (SSSR count). The van der Waals surface area contributed by atoms with Gasteiger partial charge in [0.1, 0.15) is 6.04 Å². The number of methoxy groups -OCH3 is 1. The number of benzene rings is 1. The van der Waals surface area contributed by atoms with Gasteiger partial charge in [-0.1, -0.05) is 18.2 Å². The van der Waals surface area contributed by atoms with E-state index < -0.39 is 12.0 Å². The second-order valence-electron chi connectivity index (χ2n) is 4.33. The number of para-hydroxylation sites is 1. The number of hydrogen-bond donors (Lipinski definition) is 0. The van der Waals surface area contributed by atoms with Crippen LogP contribution in [0.25, 0.3) is 0 Å². The summed E-state index contributed by atoms with van der Waals surface area (Å²) in [6.45, 7) is 6.95. The van der Waals surface area contributed by atoms with Gasteiger partial charge in [0.2, 0.25) is 5.91 Å². The largest absolute Gasteiger partial charge is 0.467 e. The number of carbonyl (C=O) groups excluding carboxylic acids is 2. The quantitative estimate of drug-likeness (QED) is 0.772. The summed E-state index contributed by atoms with van der Waals surface area (Å²) in [5, 5.41) is 0. The van der Waals surface area contributed by atoms with Crippen molar-refractivity contribution in [2.24, 2.45) is 0 Å². The summed E-state index contributed by atoms with van der Waals surface area (Å²) >= 11 is 0. The Morgan fingerprint density at radius 2 is 1.72 bits per heavy atom. The Bertz CT molecular complexity index is 448. The number of carbonyl (C=O) groups is 2. The van der Waals surface area contributed by atoms with Gasteiger partial charge in [0.05, 0.1) is 12.8 Å². The van der Waals surface area contributed by atoms with Crippen molar-refractivity contribution in [2.45, 2.75) is 33.7 Å². The van der Waals surface area contributed by atoms with Gasteiger partial charge in [0.15, 0.2) is 0 Å². The number of nitrogens with zero attached hydrogens (tertiary/aromatic N) is 1. The third kappa shape index (κ3) is 2.70. The maximum atomic E-state index is 11.8. The molecule has 0 aliphatic heterocycles. The summed E-state index contributed by atoms with van der Waals surface area (Å²) in [7, 11) is 1.32. The van der Waals surface area contributed by atoms with E-state index in [2.05, 4.69) is 0 Å². The standard InChI is InChI=1S/C14H19NO3/c1-9-7-6-8-10(2)13(9)15(12(4)16)11(3)14(17)18-5/h6-8,11H,1-5H3. The van der Waals surface area contributed by atoms with Crippen molar-refractivity contribution in [1.29, 1.82) is 0 Å². The average Bonchev–Trinajstić information content (AvgIpc) is 2.31. The van der Waals surface area contributed by atoms with Crippen molar-refractivity contribution in [2.75, 3.05) is 12.0 Å². The summed E-state index contributed by atoms with van der Waals surface area (Å²) in [5.41, 5.74) is 2.70. The number of rotatable bonds is 3. The molecule has 1 unspecified atom stereocenters. The monoisotopic (exact) mass is 249 g/mol. The van der Waals surface area contributed by atoms with Crippen molar-refractivity contribution < 1.29 is 14.3 Å². The van der Waals surface area contributed by atoms with Gasteiger partial charge in [-0.15, -0.1) is 0 Å². The molecule has 0 N–H and O–H groups in total. The lowest BCUT2D eigenvalue weighted by Gasteiger charge is -2.29. The van der Waals surface area contributed by atoms with Crippen molar-refractivity contribution in [3.05, 3.63) is 29.3 Å². The lowest BCUT2D eigenvalue weighted by Crippen LogP contribution is -2.43. The molecule has 98 valence electrons. The molecular formula is C14H19NO3. The summed E-state index contributed by atoms with van der Waals surface area (Å²) in [6, 6.07) is 5.13. The van der Waals surface area contributed by atoms with Gasteiger partial charge in [0.25, 0.3) is 0 Å². The smallest absolute Gasteiger partial charge is 0.328 e. The Morgan fingerprint density at radius 3 is 2.11 bits per heavy atom. The van der Waals surface area contributed by atoms with Crippen LogP contribution in [0.1, 0.15) is 25.0 Å². The topological polar surface area (TPSA) is 46.6 Å². The number of esters is 1. The van der Waals surface area contributed by atoms with Crippen LogP contribution >= 0.6 is 0 Å². The normalized spacial score (nSPS) is 11.8. The molecule has 0 aliphatic rings. The third-order valence-electron chi connectivity index (χ3n) is 2.95. The summed E-state index contributed by atoms with van der Waals surface area (Å²) < 4.78 is 4.71. The van der Waals surface area contributed by atoms with E-state index in [4.69, 9.17) is 4.74 Å². The van der Waals surface area contributed by atoms with E-state index in [9.17, 15) is 9.59 Å². The summed E-state index contributed by atoms with van der Waals surface area (Å²) in [4.78, 5) is 24.9. The molecule has 0 heterocycles. The average molecular weight is 249 g/mol. The SMILES string of the molecule is COC(=O)C(C)N(C(C)=O)c1c(C)cccc1C. The van der Waals surface area contributed by atoms with Crippen molar-refractivity contribution >= 4 is 17.6 Å². The predicted molar refractivity (Wildman–Crippen MR) is 70.6 cm³/mol. The fourth-order valence-electron chi connectivity index (χ4n) is 2.09. The van der Waals surface area contributed by atoms with E-state index in [-0.39, 0.29) is 5.91 Å². The minimum atomic E-state index is -0.632. The van der Waals surface area contributed by atoms with Crippen LogP contribution in [0.4, 0.5) is 5.69 Å². The molecule has 0 spiro atoms. The summed E-state index contributed by atoms with van der Waals surface area (Å²) in [6.07, 6.45) is 0. The molecule has 1 amide bonds. The molecule has 1 aromatic carbocycles. The van der Waals surface area contributed by atoms with E-state index in [1.54, 1.807) is 6.92 Å². The Kier molecular flexibility index (Phi) is 4.48. The van der Waals surface area contributed by atoms with Crippen LogP contribution in [0.3, 0.4) is 0 Å². The number of hydrogen-bond acceptors (Lipinski definition) is 3. The molecule has 0 bridgehead atoms. The fourth-order valence-corrected chi connectivity index (χ4v) is 2.09. The van der Waals surface area contributed by atoms with Crippen molar-refractivity contribution in [3.63, 3.8) is 0 Å². The first-order valence-corrected chi connectivity index (χ1v) is 5.84. The molecule has 0 saturated heterocycles. The minimum Gasteiger partial charge on any atom is -0.467 e. The number of aryl methyl sites for hydroxylation is 2. The Labute approximate surface area is 108 Å². The highest BCUT2D eigenvalue weighted by Gasteiger charge is 2.27. The van der Waals surface area contributed by atoms with Gasteiger partial charge < -0.3 is 4.74 Å². The minimum absolute atomic E-state index is 0.176. The molecule has 4 heteroatoms. The first kappa shape index (κ1) is 14.2. The van der Waals surface area contributed by atoms with Crippen molar-refractivity contribution in [1.82, 2.24) is 0 Å². The van der Waals surface area contributed by atoms with Crippen LogP contribution in [0.15, 0.2) is 18.2 Å². The van der Waals surface area contributed by atoms with E-state index in [0.29, 0.717) is 0 Å². The molecule has 0 saturated carbocycles. The van der Waals surface area contributed by atoms with Crippen LogP contribution in [0, 0.1) is 13.8 Å². The van der Waals surface area contributed by atoms with E-state index >= 15 is 0 Å². The maximum Gasteiger partial charge on any atom is 0.328 e. The number of anilines is 1. The molecule has 18 heavy (non-hydrogen) atoms. The zero-order valence-corrected chi connectivity index (χ0v) is 11.5. The lowest BCUT2D eigenvalue weighted by atomic mass is 10.1. The Hall–Kier alpha value is -1.84. The van der Waals surface area contributed by atoms with E-state index in [1.807, 2.05) is 32.0 Å². The number of ether oxygens (including phenoxy) is 1. The second kappa shape index (κ2) is 5.67. The van der Waals surface area contributed by atoms with Gasteiger partial charge in [-0.05, 0) is 31.9 Å². The van der Waals surface area contributed by atoms with Crippen LogP contribution in [0.2, 0.25) is 0 Å². The van der Waals surface area contributed by atoms with Crippen LogP contribution in [0.5, 0.6) is 0 Å². The lowest BCUT2D eigenvalue weighted by molar-refractivity contribution is -0.142. The van der Waals surface area contributed by atoms with Crippen LogP contribution in [-0.4, -0.2) is 25.0 Å². The highest BCUT2D eigenvalue weighted by atomic mass is 16.5. The van der Waals surface area contributed by atoms with Crippen LogP contribution in [-0.2, 0) is 14.3 Å². The number of amides is 1. The van der Waals surface area contributed by atoms with Gasteiger partial charge in [-0.2, -0.15) is 0 Å². The molecule has 4 nitrogen and oxygen atoms in total. The van der Waals surface area contributed by atoms with Gasteiger partial charge >= 0.3 is 5.97 Å². The Balaban J connectivity index is 3.29. The molecule has 0 radical (unpaired) electrons. The van der Waals surface area contributed by atoms with Gasteiger partial charge in [0, 0.05) is 6.92 Å². The molecule has 0 aromatic heterocycles. The highest BCUT2D eigenvalue weighted by Crippen LogP contribution is 2.26. The molecule has 1 aromatic rings. The Morgan fingerprint density at radius 1 is 1.22 bits per heavy atom. The zero-order valence-electron chi connectivity index (χ0n) is 11.5. The summed E-state index contributed by atoms with van der Waals surface area (Å²) in [5.74, 6) is -0.599. The van der Waals surface area contributed by atoms with Gasteiger partial charge in [-0.25, -0.2) is 4.79 Å². The molecular weight excluding hydrogens is 230 g/mol. The zero-order chi connectivity index (χ0) is 13.9. The molecule has 1 atom stereocenters. The third-order valence-corrected chi connectivity index (χ3v) is 2.95. The molecule has 0 fully saturated rings. The van der Waals surface area contributed by atoms with E-state index in [1.165, 1.54) is 18.9 Å². The highest BCUT2D eigenvalue weighted by molar-refractivity contribution is 5.99. The van der Waals surface area contributed by atoms with E-state index in [0.717, 1.165) is 16.8 Å². The maximum absolute atomic E-state index is 11.8.